The molecule has 2 aromatic carbocycles. The fourth-order valence-corrected chi connectivity index (χ4v) is 2.74. The van der Waals surface area contributed by atoms with Crippen molar-refractivity contribution in [2.24, 2.45) is 0 Å². The van der Waals surface area contributed by atoms with Gasteiger partial charge in [-0.3, -0.25) is 0 Å². The van der Waals surface area contributed by atoms with Crippen LogP contribution in [0.1, 0.15) is 12.6 Å². The van der Waals surface area contributed by atoms with E-state index in [1.165, 1.54) is 0 Å². The molecule has 138 valence electrons. The van der Waals surface area contributed by atoms with Crippen LogP contribution in [0.3, 0.4) is 0 Å². The van der Waals surface area contributed by atoms with E-state index in [-0.39, 0.29) is 6.79 Å². The highest BCUT2D eigenvalue weighted by Crippen LogP contribution is 2.35. The number of anilines is 4. The highest BCUT2D eigenvalue weighted by atomic mass is 16.7. The van der Waals surface area contributed by atoms with E-state index in [9.17, 15) is 0 Å². The first-order valence-electron chi connectivity index (χ1n) is 8.72. The number of hydrogen-bond donors (Lipinski definition) is 2. The zero-order chi connectivity index (χ0) is 18.6. The normalized spacial score (nSPS) is 11.9. The average molecular weight is 364 g/mol. The van der Waals surface area contributed by atoms with E-state index in [4.69, 9.17) is 14.2 Å². The third kappa shape index (κ3) is 4.03. The van der Waals surface area contributed by atoms with E-state index in [1.54, 1.807) is 0 Å². The lowest BCUT2D eigenvalue weighted by Gasteiger charge is -2.11. The molecule has 27 heavy (non-hydrogen) atoms. The summed E-state index contributed by atoms with van der Waals surface area (Å²) in [7, 11) is 0. The summed E-state index contributed by atoms with van der Waals surface area (Å²) in [5.41, 5.74) is 2.60. The molecule has 0 spiro atoms. The molecule has 0 atom stereocenters. The van der Waals surface area contributed by atoms with Crippen molar-refractivity contribution in [1.29, 1.82) is 0 Å². The molecule has 3 aromatic rings. The van der Waals surface area contributed by atoms with Gasteiger partial charge in [0.15, 0.2) is 11.5 Å². The van der Waals surface area contributed by atoms with Crippen molar-refractivity contribution in [2.45, 2.75) is 13.8 Å². The molecule has 1 aromatic heterocycles. The number of nitrogens with zero attached hydrogens (tertiary/aromatic N) is 2. The summed E-state index contributed by atoms with van der Waals surface area (Å²) in [5, 5.41) is 6.50. The van der Waals surface area contributed by atoms with Crippen LogP contribution >= 0.6 is 0 Å². The first kappa shape index (κ1) is 17.0. The predicted octanol–water partition coefficient (Wildman–Crippen LogP) is 4.40. The number of hydrogen-bond acceptors (Lipinski definition) is 7. The maximum absolute atomic E-state index is 5.46. The van der Waals surface area contributed by atoms with Gasteiger partial charge in [0.2, 0.25) is 12.7 Å². The second-order valence-electron chi connectivity index (χ2n) is 5.99. The molecule has 0 unspecified atom stereocenters. The Hall–Kier alpha value is -3.48. The standard InChI is InChI=1S/C20H20N4O3/c1-3-25-16-7-4-14(5-8-16)23-20-21-13(2)10-19(24-20)22-15-6-9-17-18(11-15)27-12-26-17/h4-11H,3,12H2,1-2H3,(H2,21,22,23,24). The number of aryl methyl sites for hydroxylation is 1. The quantitative estimate of drug-likeness (QED) is 0.671. The molecule has 0 amide bonds. The van der Waals surface area contributed by atoms with Crippen molar-refractivity contribution in [3.05, 3.63) is 54.2 Å². The Morgan fingerprint density at radius 3 is 2.52 bits per heavy atom. The molecular formula is C20H20N4O3. The van der Waals surface area contributed by atoms with Crippen LogP contribution in [-0.2, 0) is 0 Å². The van der Waals surface area contributed by atoms with Gasteiger partial charge in [0, 0.05) is 29.2 Å². The molecule has 7 nitrogen and oxygen atoms in total. The fraction of sp³-hybridized carbons (Fsp3) is 0.200. The van der Waals surface area contributed by atoms with Crippen molar-refractivity contribution >= 4 is 23.1 Å². The van der Waals surface area contributed by atoms with Crippen molar-refractivity contribution in [3.8, 4) is 17.2 Å². The molecule has 4 rings (SSSR count). The molecule has 0 aliphatic carbocycles. The van der Waals surface area contributed by atoms with Crippen LogP contribution in [0.5, 0.6) is 17.2 Å². The van der Waals surface area contributed by atoms with Crippen LogP contribution in [0, 0.1) is 6.92 Å². The van der Waals surface area contributed by atoms with Gasteiger partial charge in [0.05, 0.1) is 6.61 Å². The van der Waals surface area contributed by atoms with Gasteiger partial charge < -0.3 is 24.8 Å². The monoisotopic (exact) mass is 364 g/mol. The highest BCUT2D eigenvalue weighted by molar-refractivity contribution is 5.63. The Balaban J connectivity index is 1.51. The Morgan fingerprint density at radius 1 is 0.926 bits per heavy atom. The highest BCUT2D eigenvalue weighted by Gasteiger charge is 2.13. The average Bonchev–Trinajstić information content (AvgIpc) is 3.11. The first-order valence-corrected chi connectivity index (χ1v) is 8.72. The summed E-state index contributed by atoms with van der Waals surface area (Å²) >= 11 is 0. The van der Waals surface area contributed by atoms with E-state index in [0.717, 1.165) is 34.3 Å². The van der Waals surface area contributed by atoms with Crippen LogP contribution in [0.2, 0.25) is 0 Å². The van der Waals surface area contributed by atoms with Crippen LogP contribution in [-0.4, -0.2) is 23.4 Å². The fourth-order valence-electron chi connectivity index (χ4n) is 2.74. The summed E-state index contributed by atoms with van der Waals surface area (Å²) in [4.78, 5) is 8.99. The molecular weight excluding hydrogens is 344 g/mol. The summed E-state index contributed by atoms with van der Waals surface area (Å²) in [6, 6.07) is 15.2. The Labute approximate surface area is 157 Å². The minimum Gasteiger partial charge on any atom is -0.494 e. The molecule has 0 radical (unpaired) electrons. The third-order valence-electron chi connectivity index (χ3n) is 3.92. The number of rotatable bonds is 6. The van der Waals surface area contributed by atoms with Gasteiger partial charge in [-0.1, -0.05) is 0 Å². The maximum Gasteiger partial charge on any atom is 0.231 e. The Kier molecular flexibility index (Phi) is 4.65. The Bertz CT molecular complexity index is 944. The molecule has 0 saturated heterocycles. The second-order valence-corrected chi connectivity index (χ2v) is 5.99. The zero-order valence-corrected chi connectivity index (χ0v) is 15.2. The third-order valence-corrected chi connectivity index (χ3v) is 3.92. The molecule has 0 fully saturated rings. The lowest BCUT2D eigenvalue weighted by molar-refractivity contribution is 0.174. The molecule has 0 bridgehead atoms. The van der Waals surface area contributed by atoms with E-state index >= 15 is 0 Å². The van der Waals surface area contributed by atoms with E-state index in [1.807, 2.05) is 62.4 Å². The van der Waals surface area contributed by atoms with E-state index in [0.29, 0.717) is 18.4 Å². The maximum atomic E-state index is 5.46. The largest absolute Gasteiger partial charge is 0.494 e. The van der Waals surface area contributed by atoms with Crippen LogP contribution in [0.4, 0.5) is 23.1 Å². The summed E-state index contributed by atoms with van der Waals surface area (Å²) in [6.07, 6.45) is 0. The molecule has 0 saturated carbocycles. The number of benzene rings is 2. The number of aromatic nitrogens is 2. The molecule has 7 heteroatoms. The Morgan fingerprint density at radius 2 is 1.70 bits per heavy atom. The number of ether oxygens (including phenoxy) is 3. The van der Waals surface area contributed by atoms with Gasteiger partial charge in [0.25, 0.3) is 0 Å². The van der Waals surface area contributed by atoms with Gasteiger partial charge in [-0.15, -0.1) is 0 Å². The van der Waals surface area contributed by atoms with Crippen LogP contribution < -0.4 is 24.8 Å². The summed E-state index contributed by atoms with van der Waals surface area (Å²) < 4.78 is 16.2. The minimum absolute atomic E-state index is 0.252. The van der Waals surface area contributed by atoms with Crippen molar-refractivity contribution in [3.63, 3.8) is 0 Å². The molecule has 2 N–H and O–H groups in total. The second kappa shape index (κ2) is 7.41. The van der Waals surface area contributed by atoms with Crippen molar-refractivity contribution in [2.75, 3.05) is 24.0 Å². The van der Waals surface area contributed by atoms with Gasteiger partial charge in [-0.25, -0.2) is 4.98 Å². The van der Waals surface area contributed by atoms with Crippen molar-refractivity contribution < 1.29 is 14.2 Å². The van der Waals surface area contributed by atoms with Crippen LogP contribution in [0.15, 0.2) is 48.5 Å². The molecule has 1 aliphatic rings. The first-order chi connectivity index (χ1) is 13.2. The number of nitrogens with one attached hydrogen (secondary N) is 2. The van der Waals surface area contributed by atoms with Crippen LogP contribution in [0.25, 0.3) is 0 Å². The smallest absolute Gasteiger partial charge is 0.231 e. The minimum atomic E-state index is 0.252. The zero-order valence-electron chi connectivity index (χ0n) is 15.2. The predicted molar refractivity (Wildman–Crippen MR) is 104 cm³/mol. The SMILES string of the molecule is CCOc1ccc(Nc2nc(C)cc(Nc3ccc4c(c3)OCO4)n2)cc1. The lowest BCUT2D eigenvalue weighted by Crippen LogP contribution is -2.02. The van der Waals surface area contributed by atoms with Gasteiger partial charge >= 0.3 is 0 Å². The van der Waals surface area contributed by atoms with Gasteiger partial charge in [-0.2, -0.15) is 4.98 Å². The van der Waals surface area contributed by atoms with Gasteiger partial charge in [-0.05, 0) is 50.2 Å². The topological polar surface area (TPSA) is 77.5 Å². The lowest BCUT2D eigenvalue weighted by atomic mass is 10.2. The summed E-state index contributed by atoms with van der Waals surface area (Å²) in [5.74, 6) is 3.51. The summed E-state index contributed by atoms with van der Waals surface area (Å²) in [6.45, 7) is 4.78. The molecule has 1 aliphatic heterocycles. The number of fused-ring (bicyclic) bond motifs is 1. The molecule has 2 heterocycles. The van der Waals surface area contributed by atoms with Gasteiger partial charge in [0.1, 0.15) is 11.6 Å². The van der Waals surface area contributed by atoms with E-state index in [2.05, 4.69) is 20.6 Å². The van der Waals surface area contributed by atoms with E-state index < -0.39 is 0 Å². The van der Waals surface area contributed by atoms with Crippen molar-refractivity contribution in [1.82, 2.24) is 9.97 Å².